The molecule has 0 saturated carbocycles. The fourth-order valence-corrected chi connectivity index (χ4v) is 2.76. The van der Waals surface area contributed by atoms with E-state index in [1.54, 1.807) is 13.1 Å². The molecule has 3 nitrogen and oxygen atoms in total. The predicted molar refractivity (Wildman–Crippen MR) is 103 cm³/mol. The first-order valence-electron chi connectivity index (χ1n) is 8.58. The van der Waals surface area contributed by atoms with E-state index in [9.17, 15) is 4.79 Å². The van der Waals surface area contributed by atoms with E-state index in [1.807, 2.05) is 49.4 Å². The number of nitrogens with zero attached hydrogens (tertiary/aromatic N) is 1. The van der Waals surface area contributed by atoms with E-state index in [0.29, 0.717) is 12.3 Å². The van der Waals surface area contributed by atoms with E-state index in [1.165, 1.54) is 0 Å². The highest BCUT2D eigenvalue weighted by Gasteiger charge is 2.05. The molecule has 0 N–H and O–H groups in total. The number of halogens is 1. The van der Waals surface area contributed by atoms with E-state index < -0.39 is 0 Å². The van der Waals surface area contributed by atoms with Gasteiger partial charge in [0.2, 0.25) is 5.88 Å². The molecule has 0 bridgehead atoms. The second-order valence-electron chi connectivity index (χ2n) is 6.28. The van der Waals surface area contributed by atoms with Crippen molar-refractivity contribution in [1.29, 1.82) is 0 Å². The molecule has 1 heterocycles. The first kappa shape index (κ1) is 19.2. The highest BCUT2D eigenvalue weighted by Crippen LogP contribution is 2.26. The van der Waals surface area contributed by atoms with Gasteiger partial charge in [-0.2, -0.15) is 0 Å². The Balaban J connectivity index is 2.02. The molecule has 1 aromatic carbocycles. The van der Waals surface area contributed by atoms with Crippen LogP contribution in [-0.2, 0) is 11.2 Å². The monoisotopic (exact) mass is 357 g/mol. The number of hydrogen-bond acceptors (Lipinski definition) is 3. The molecule has 0 radical (unpaired) electrons. The summed E-state index contributed by atoms with van der Waals surface area (Å²) in [7, 11) is 0. The van der Waals surface area contributed by atoms with Crippen LogP contribution >= 0.6 is 11.6 Å². The Hall–Kier alpha value is -2.13. The Morgan fingerprint density at radius 2 is 2.12 bits per heavy atom. The van der Waals surface area contributed by atoms with Crippen molar-refractivity contribution >= 4 is 23.5 Å². The molecule has 0 aliphatic carbocycles. The lowest BCUT2D eigenvalue weighted by Crippen LogP contribution is -1.97. The van der Waals surface area contributed by atoms with Crippen molar-refractivity contribution < 1.29 is 9.53 Å². The molecule has 1 aromatic heterocycles. The average molecular weight is 358 g/mol. The topological polar surface area (TPSA) is 39.2 Å². The molecule has 4 heteroatoms. The molecule has 0 unspecified atom stereocenters. The van der Waals surface area contributed by atoms with Crippen molar-refractivity contribution in [2.45, 2.75) is 40.0 Å². The molecular formula is C21H24ClNO2. The minimum atomic E-state index is 0.199. The van der Waals surface area contributed by atoms with Crippen LogP contribution in [0.1, 0.15) is 44.7 Å². The number of ketones is 1. The lowest BCUT2D eigenvalue weighted by atomic mass is 10.0. The number of benzene rings is 1. The molecular weight excluding hydrogens is 334 g/mol. The van der Waals surface area contributed by atoms with Crippen LogP contribution in [0.3, 0.4) is 0 Å². The zero-order chi connectivity index (χ0) is 18.2. The van der Waals surface area contributed by atoms with Crippen molar-refractivity contribution in [3.63, 3.8) is 0 Å². The summed E-state index contributed by atoms with van der Waals surface area (Å²) >= 11 is 6.19. The van der Waals surface area contributed by atoms with Crippen LogP contribution in [0.4, 0.5) is 0 Å². The summed E-state index contributed by atoms with van der Waals surface area (Å²) < 4.78 is 5.82. The Bertz CT molecular complexity index is 738. The van der Waals surface area contributed by atoms with Crippen molar-refractivity contribution in [2.24, 2.45) is 5.92 Å². The number of aryl methyl sites for hydroxylation is 1. The number of hydrogen-bond donors (Lipinski definition) is 0. The lowest BCUT2D eigenvalue weighted by molar-refractivity contribution is -0.117. The first-order valence-corrected chi connectivity index (χ1v) is 8.95. The molecule has 0 saturated heterocycles. The Morgan fingerprint density at radius 1 is 1.32 bits per heavy atom. The summed E-state index contributed by atoms with van der Waals surface area (Å²) in [6.07, 6.45) is 8.27. The number of rotatable bonds is 8. The van der Waals surface area contributed by atoms with Gasteiger partial charge in [0, 0.05) is 23.7 Å². The zero-order valence-corrected chi connectivity index (χ0v) is 15.7. The van der Waals surface area contributed by atoms with E-state index in [2.05, 4.69) is 11.9 Å². The number of ether oxygens (including phenoxy) is 1. The first-order chi connectivity index (χ1) is 12.0. The third-order valence-electron chi connectivity index (χ3n) is 3.74. The summed E-state index contributed by atoms with van der Waals surface area (Å²) in [6, 6.07) is 9.45. The zero-order valence-electron chi connectivity index (χ0n) is 15.0. The minimum Gasteiger partial charge on any atom is -0.439 e. The number of allylic oxidation sites excluding steroid dienone is 1. The molecule has 0 spiro atoms. The SMILES string of the molecule is CCCc1cc(Oc2ccc(/C=C/[C@H](C)CC(C)=O)cn2)ccc1Cl. The number of carbonyl (C=O) groups excluding carboxylic acids is 1. The lowest BCUT2D eigenvalue weighted by Gasteiger charge is -2.08. The smallest absolute Gasteiger partial charge is 0.219 e. The third kappa shape index (κ3) is 6.35. The highest BCUT2D eigenvalue weighted by atomic mass is 35.5. The maximum Gasteiger partial charge on any atom is 0.219 e. The third-order valence-corrected chi connectivity index (χ3v) is 4.11. The fourth-order valence-electron chi connectivity index (χ4n) is 2.54. The van der Waals surface area contributed by atoms with Gasteiger partial charge >= 0.3 is 0 Å². The van der Waals surface area contributed by atoms with Gasteiger partial charge in [0.1, 0.15) is 11.5 Å². The average Bonchev–Trinajstić information content (AvgIpc) is 2.57. The Labute approximate surface area is 154 Å². The van der Waals surface area contributed by atoms with Gasteiger partial charge < -0.3 is 9.53 Å². The standard InChI is InChI=1S/C21H24ClNO2/c1-4-5-18-13-19(9-10-20(18)22)25-21-11-8-17(14-23-21)7-6-15(2)12-16(3)24/h6-11,13-15H,4-5,12H2,1-3H3/b7-6+/t15-/m0/s1. The van der Waals surface area contributed by atoms with Gasteiger partial charge in [0.15, 0.2) is 0 Å². The van der Waals surface area contributed by atoms with E-state index in [4.69, 9.17) is 16.3 Å². The van der Waals surface area contributed by atoms with Crippen LogP contribution in [0.25, 0.3) is 6.08 Å². The van der Waals surface area contributed by atoms with Gasteiger partial charge in [-0.25, -0.2) is 4.98 Å². The molecule has 0 amide bonds. The van der Waals surface area contributed by atoms with Crippen molar-refractivity contribution in [3.05, 3.63) is 58.8 Å². The number of Topliss-reactive ketones (excluding diaryl/α,β-unsaturated/α-hetero) is 1. The molecule has 132 valence electrons. The van der Waals surface area contributed by atoms with Gasteiger partial charge in [-0.15, -0.1) is 0 Å². The van der Waals surface area contributed by atoms with Crippen LogP contribution in [0.15, 0.2) is 42.6 Å². The van der Waals surface area contributed by atoms with E-state index in [-0.39, 0.29) is 11.7 Å². The summed E-state index contributed by atoms with van der Waals surface area (Å²) in [5.74, 6) is 1.70. The van der Waals surface area contributed by atoms with Crippen LogP contribution in [-0.4, -0.2) is 10.8 Å². The van der Waals surface area contributed by atoms with Crippen molar-refractivity contribution in [1.82, 2.24) is 4.98 Å². The minimum absolute atomic E-state index is 0.199. The highest BCUT2D eigenvalue weighted by molar-refractivity contribution is 6.31. The van der Waals surface area contributed by atoms with Gasteiger partial charge in [-0.05, 0) is 54.7 Å². The van der Waals surface area contributed by atoms with Crippen molar-refractivity contribution in [3.8, 4) is 11.6 Å². The molecule has 0 fully saturated rings. The van der Waals surface area contributed by atoms with Gasteiger partial charge in [-0.1, -0.05) is 44.0 Å². The molecule has 0 aliphatic rings. The quantitative estimate of drug-likeness (QED) is 0.572. The predicted octanol–water partition coefficient (Wildman–Crippen LogP) is 6.11. The summed E-state index contributed by atoms with van der Waals surface area (Å²) in [5.41, 5.74) is 2.06. The Kier molecular flexibility index (Phi) is 7.20. The van der Waals surface area contributed by atoms with Gasteiger partial charge in [-0.3, -0.25) is 0 Å². The molecule has 1 atom stereocenters. The van der Waals surface area contributed by atoms with Crippen LogP contribution in [0, 0.1) is 5.92 Å². The van der Waals surface area contributed by atoms with Crippen molar-refractivity contribution in [2.75, 3.05) is 0 Å². The molecule has 2 rings (SSSR count). The fraction of sp³-hybridized carbons (Fsp3) is 0.333. The molecule has 2 aromatic rings. The maximum absolute atomic E-state index is 11.1. The Morgan fingerprint density at radius 3 is 2.76 bits per heavy atom. The van der Waals surface area contributed by atoms with Gasteiger partial charge in [0.05, 0.1) is 0 Å². The van der Waals surface area contributed by atoms with Gasteiger partial charge in [0.25, 0.3) is 0 Å². The summed E-state index contributed by atoms with van der Waals surface area (Å²) in [6.45, 7) is 5.76. The maximum atomic E-state index is 11.1. The number of carbonyl (C=O) groups is 1. The summed E-state index contributed by atoms with van der Waals surface area (Å²) in [4.78, 5) is 15.4. The normalized spacial score (nSPS) is 12.3. The molecule has 0 aliphatic heterocycles. The van der Waals surface area contributed by atoms with Crippen LogP contribution in [0.5, 0.6) is 11.6 Å². The second kappa shape index (κ2) is 9.38. The largest absolute Gasteiger partial charge is 0.439 e. The summed E-state index contributed by atoms with van der Waals surface area (Å²) in [5, 5.41) is 0.766. The van der Waals surface area contributed by atoms with Crippen LogP contribution < -0.4 is 4.74 Å². The number of pyridine rings is 1. The second-order valence-corrected chi connectivity index (χ2v) is 6.68. The molecule has 25 heavy (non-hydrogen) atoms. The van der Waals surface area contributed by atoms with E-state index >= 15 is 0 Å². The van der Waals surface area contributed by atoms with E-state index in [0.717, 1.165) is 34.7 Å². The van der Waals surface area contributed by atoms with Crippen LogP contribution in [0.2, 0.25) is 5.02 Å². The number of aromatic nitrogens is 1.